The Morgan fingerprint density at radius 3 is 2.71 bits per heavy atom. The summed E-state index contributed by atoms with van der Waals surface area (Å²) in [6, 6.07) is 0.607. The van der Waals surface area contributed by atoms with Gasteiger partial charge in [-0.3, -0.25) is 0 Å². The zero-order valence-corrected chi connectivity index (χ0v) is 9.30. The Hall–Kier alpha value is -0.0800. The summed E-state index contributed by atoms with van der Waals surface area (Å²) in [6.45, 7) is 0.978. The van der Waals surface area contributed by atoms with E-state index in [4.69, 9.17) is 4.74 Å². The fraction of sp³-hybridized carbons (Fsp3) is 1.00. The molecule has 1 aliphatic heterocycles. The van der Waals surface area contributed by atoms with Crippen molar-refractivity contribution in [3.63, 3.8) is 0 Å². The number of rotatable bonds is 5. The fourth-order valence-electron chi connectivity index (χ4n) is 2.42. The number of hydrogen-bond acceptors (Lipinski definition) is 2. The van der Waals surface area contributed by atoms with E-state index in [9.17, 15) is 0 Å². The standard InChI is InChI=1S/C12H23NO/c1-13-11(8-7-10-5-6-10)12-4-2-3-9-14-12/h10-13H,2-9H2,1H3. The van der Waals surface area contributed by atoms with Crippen LogP contribution < -0.4 is 5.32 Å². The van der Waals surface area contributed by atoms with E-state index in [1.54, 1.807) is 0 Å². The van der Waals surface area contributed by atoms with Gasteiger partial charge in [0.25, 0.3) is 0 Å². The quantitative estimate of drug-likeness (QED) is 0.730. The van der Waals surface area contributed by atoms with Crippen LogP contribution in [0, 0.1) is 5.92 Å². The molecule has 2 atom stereocenters. The van der Waals surface area contributed by atoms with E-state index in [1.807, 2.05) is 0 Å². The molecule has 82 valence electrons. The normalized spacial score (nSPS) is 30.2. The second kappa shape index (κ2) is 5.13. The molecule has 1 saturated carbocycles. The highest BCUT2D eigenvalue weighted by Crippen LogP contribution is 2.34. The molecule has 0 aromatic heterocycles. The Balaban J connectivity index is 1.71. The van der Waals surface area contributed by atoms with Gasteiger partial charge in [0.1, 0.15) is 0 Å². The topological polar surface area (TPSA) is 21.3 Å². The summed E-state index contributed by atoms with van der Waals surface area (Å²) >= 11 is 0. The maximum absolute atomic E-state index is 5.82. The third kappa shape index (κ3) is 2.96. The van der Waals surface area contributed by atoms with Crippen molar-refractivity contribution < 1.29 is 4.74 Å². The van der Waals surface area contributed by atoms with Crippen molar-refractivity contribution in [2.24, 2.45) is 5.92 Å². The third-order valence-electron chi connectivity index (χ3n) is 3.62. The van der Waals surface area contributed by atoms with Crippen molar-refractivity contribution in [3.05, 3.63) is 0 Å². The van der Waals surface area contributed by atoms with E-state index in [0.717, 1.165) is 12.5 Å². The maximum Gasteiger partial charge on any atom is 0.0727 e. The predicted molar refractivity (Wildman–Crippen MR) is 58.4 cm³/mol. The van der Waals surface area contributed by atoms with Crippen LogP contribution in [0.2, 0.25) is 0 Å². The molecule has 2 nitrogen and oxygen atoms in total. The molecule has 1 heterocycles. The van der Waals surface area contributed by atoms with Crippen LogP contribution in [0.3, 0.4) is 0 Å². The fourth-order valence-corrected chi connectivity index (χ4v) is 2.42. The summed E-state index contributed by atoms with van der Waals surface area (Å²) in [4.78, 5) is 0. The van der Waals surface area contributed by atoms with Crippen molar-refractivity contribution >= 4 is 0 Å². The van der Waals surface area contributed by atoms with Crippen molar-refractivity contribution in [1.82, 2.24) is 5.32 Å². The minimum atomic E-state index is 0.493. The Morgan fingerprint density at radius 2 is 2.14 bits per heavy atom. The first-order valence-corrected chi connectivity index (χ1v) is 6.19. The Morgan fingerprint density at radius 1 is 1.29 bits per heavy atom. The molecule has 14 heavy (non-hydrogen) atoms. The minimum Gasteiger partial charge on any atom is -0.377 e. The number of likely N-dealkylation sites (N-methyl/N-ethyl adjacent to an activating group) is 1. The molecule has 2 aliphatic rings. The van der Waals surface area contributed by atoms with Gasteiger partial charge in [0.15, 0.2) is 0 Å². The van der Waals surface area contributed by atoms with E-state index < -0.39 is 0 Å². The molecule has 0 aromatic rings. The highest BCUT2D eigenvalue weighted by atomic mass is 16.5. The van der Waals surface area contributed by atoms with Gasteiger partial charge in [-0.2, -0.15) is 0 Å². The Bertz CT molecular complexity index is 162. The monoisotopic (exact) mass is 197 g/mol. The molecule has 0 bridgehead atoms. The zero-order chi connectivity index (χ0) is 9.80. The number of nitrogens with one attached hydrogen (secondary N) is 1. The molecule has 2 unspecified atom stereocenters. The molecule has 1 saturated heterocycles. The van der Waals surface area contributed by atoms with E-state index in [0.29, 0.717) is 12.1 Å². The molecule has 2 rings (SSSR count). The average molecular weight is 197 g/mol. The van der Waals surface area contributed by atoms with Crippen LogP contribution in [-0.2, 0) is 4.74 Å². The predicted octanol–water partition coefficient (Wildman–Crippen LogP) is 2.33. The lowest BCUT2D eigenvalue weighted by atomic mass is 9.97. The first-order valence-electron chi connectivity index (χ1n) is 6.19. The lowest BCUT2D eigenvalue weighted by Gasteiger charge is -2.30. The third-order valence-corrected chi connectivity index (χ3v) is 3.62. The van der Waals surface area contributed by atoms with Gasteiger partial charge in [-0.15, -0.1) is 0 Å². The highest BCUT2D eigenvalue weighted by Gasteiger charge is 2.27. The van der Waals surface area contributed by atoms with Gasteiger partial charge in [0.2, 0.25) is 0 Å². The molecular weight excluding hydrogens is 174 g/mol. The van der Waals surface area contributed by atoms with Crippen LogP contribution >= 0.6 is 0 Å². The van der Waals surface area contributed by atoms with Gasteiger partial charge in [0, 0.05) is 12.6 Å². The molecule has 0 aromatic carbocycles. The summed E-state index contributed by atoms with van der Waals surface area (Å²) in [5.74, 6) is 1.05. The van der Waals surface area contributed by atoms with Crippen LogP contribution in [0.15, 0.2) is 0 Å². The number of ether oxygens (including phenoxy) is 1. The maximum atomic E-state index is 5.82. The first-order chi connectivity index (χ1) is 6.90. The van der Waals surface area contributed by atoms with Crippen LogP contribution in [0.5, 0.6) is 0 Å². The average Bonchev–Trinajstić information content (AvgIpc) is 3.04. The minimum absolute atomic E-state index is 0.493. The Kier molecular flexibility index (Phi) is 3.82. The second-order valence-electron chi connectivity index (χ2n) is 4.82. The van der Waals surface area contributed by atoms with Gasteiger partial charge in [-0.25, -0.2) is 0 Å². The van der Waals surface area contributed by atoms with Gasteiger partial charge >= 0.3 is 0 Å². The summed E-state index contributed by atoms with van der Waals surface area (Å²) in [5.41, 5.74) is 0. The summed E-state index contributed by atoms with van der Waals surface area (Å²) in [6.07, 6.45) is 10.0. The van der Waals surface area contributed by atoms with Crippen molar-refractivity contribution in [2.75, 3.05) is 13.7 Å². The van der Waals surface area contributed by atoms with E-state index in [-0.39, 0.29) is 0 Å². The summed E-state index contributed by atoms with van der Waals surface area (Å²) < 4.78 is 5.82. The molecule has 2 fully saturated rings. The van der Waals surface area contributed by atoms with Crippen molar-refractivity contribution in [2.45, 2.75) is 57.1 Å². The summed E-state index contributed by atoms with van der Waals surface area (Å²) in [7, 11) is 2.08. The SMILES string of the molecule is CNC(CCC1CC1)C1CCCCO1. The smallest absolute Gasteiger partial charge is 0.0727 e. The molecule has 2 heteroatoms. The second-order valence-corrected chi connectivity index (χ2v) is 4.82. The lowest BCUT2D eigenvalue weighted by molar-refractivity contribution is -0.00831. The van der Waals surface area contributed by atoms with Crippen molar-refractivity contribution in [3.8, 4) is 0 Å². The zero-order valence-electron chi connectivity index (χ0n) is 9.30. The first kappa shape index (κ1) is 10.4. The van der Waals surface area contributed by atoms with Crippen LogP contribution in [0.1, 0.15) is 44.9 Å². The van der Waals surface area contributed by atoms with Crippen LogP contribution in [-0.4, -0.2) is 25.8 Å². The molecular formula is C12H23NO. The van der Waals surface area contributed by atoms with Gasteiger partial charge in [-0.05, 0) is 45.1 Å². The molecule has 1 aliphatic carbocycles. The van der Waals surface area contributed by atoms with Gasteiger partial charge in [0.05, 0.1) is 6.10 Å². The molecule has 0 spiro atoms. The molecule has 0 radical (unpaired) electrons. The number of hydrogen-bond donors (Lipinski definition) is 1. The largest absolute Gasteiger partial charge is 0.377 e. The van der Waals surface area contributed by atoms with Crippen LogP contribution in [0.4, 0.5) is 0 Å². The van der Waals surface area contributed by atoms with Crippen LogP contribution in [0.25, 0.3) is 0 Å². The molecule has 1 N–H and O–H groups in total. The van der Waals surface area contributed by atoms with E-state index in [1.165, 1.54) is 44.9 Å². The highest BCUT2D eigenvalue weighted by molar-refractivity contribution is 4.82. The summed E-state index contributed by atoms with van der Waals surface area (Å²) in [5, 5.41) is 3.43. The van der Waals surface area contributed by atoms with Gasteiger partial charge < -0.3 is 10.1 Å². The Labute approximate surface area is 87.4 Å². The molecule has 0 amide bonds. The van der Waals surface area contributed by atoms with Gasteiger partial charge in [-0.1, -0.05) is 12.8 Å². The lowest BCUT2D eigenvalue weighted by Crippen LogP contribution is -2.41. The van der Waals surface area contributed by atoms with E-state index >= 15 is 0 Å². The van der Waals surface area contributed by atoms with E-state index in [2.05, 4.69) is 12.4 Å². The van der Waals surface area contributed by atoms with Crippen molar-refractivity contribution in [1.29, 1.82) is 0 Å².